The maximum absolute atomic E-state index is 11.7. The molecule has 33 heavy (non-hydrogen) atoms. The molecule has 0 bridgehead atoms. The highest BCUT2D eigenvalue weighted by Crippen LogP contribution is 2.39. The Labute approximate surface area is 191 Å². The molecule has 0 aliphatic heterocycles. The van der Waals surface area contributed by atoms with Crippen LogP contribution in [0, 0.1) is 0 Å². The number of nitrogens with one attached hydrogen (secondary N) is 1. The largest absolute Gasteiger partial charge is 0.497 e. The molecule has 6 nitrogen and oxygen atoms in total. The van der Waals surface area contributed by atoms with Gasteiger partial charge in [0.15, 0.2) is 0 Å². The number of methoxy groups -OCH3 is 1. The monoisotopic (exact) mass is 434 g/mol. The minimum atomic E-state index is -0.246. The van der Waals surface area contributed by atoms with E-state index in [-0.39, 0.29) is 5.56 Å². The molecule has 162 valence electrons. The molecule has 0 radical (unpaired) electrons. The lowest BCUT2D eigenvalue weighted by atomic mass is 9.97. The van der Waals surface area contributed by atoms with Gasteiger partial charge in [0.25, 0.3) is 5.56 Å². The van der Waals surface area contributed by atoms with Crippen LogP contribution in [0.3, 0.4) is 0 Å². The van der Waals surface area contributed by atoms with Crippen molar-refractivity contribution >= 4 is 0 Å². The van der Waals surface area contributed by atoms with Crippen LogP contribution in [0.2, 0.25) is 0 Å². The van der Waals surface area contributed by atoms with Crippen LogP contribution in [0.25, 0.3) is 33.8 Å². The number of aromatic nitrogens is 4. The van der Waals surface area contributed by atoms with E-state index in [1.54, 1.807) is 13.2 Å². The average Bonchev–Trinajstić information content (AvgIpc) is 3.25. The number of rotatable bonds is 6. The molecule has 0 atom stereocenters. The van der Waals surface area contributed by atoms with Crippen LogP contribution in [-0.2, 0) is 6.54 Å². The van der Waals surface area contributed by atoms with Crippen molar-refractivity contribution in [2.24, 2.45) is 0 Å². The zero-order valence-corrected chi connectivity index (χ0v) is 18.1. The highest BCUT2D eigenvalue weighted by molar-refractivity contribution is 5.90. The standard InChI is InChI=1S/C27H22N4O2/c1-33-22-14-12-19(13-15-22)18-31-27(23-16-17-24(32)29-28-23)25(20-8-4-2-5-9-20)26(30-31)21-10-6-3-7-11-21/h2-17H,18H2,1H3,(H,29,32). The fourth-order valence-electron chi connectivity index (χ4n) is 3.89. The van der Waals surface area contributed by atoms with E-state index in [1.807, 2.05) is 65.3 Å². The van der Waals surface area contributed by atoms with Crippen molar-refractivity contribution in [1.29, 1.82) is 0 Å². The van der Waals surface area contributed by atoms with Gasteiger partial charge in [0.05, 0.1) is 19.3 Å². The van der Waals surface area contributed by atoms with Crippen molar-refractivity contribution in [1.82, 2.24) is 20.0 Å². The van der Waals surface area contributed by atoms with Gasteiger partial charge in [-0.05, 0) is 29.3 Å². The van der Waals surface area contributed by atoms with E-state index >= 15 is 0 Å². The molecule has 0 saturated heterocycles. The Hall–Kier alpha value is -4.45. The quantitative estimate of drug-likeness (QED) is 0.407. The summed E-state index contributed by atoms with van der Waals surface area (Å²) in [7, 11) is 1.65. The van der Waals surface area contributed by atoms with Gasteiger partial charge in [-0.1, -0.05) is 72.8 Å². The molecule has 0 amide bonds. The zero-order valence-electron chi connectivity index (χ0n) is 18.1. The second-order valence-corrected chi connectivity index (χ2v) is 7.62. The predicted octanol–water partition coefficient (Wildman–Crippen LogP) is 5.02. The van der Waals surface area contributed by atoms with Crippen LogP contribution in [0.5, 0.6) is 5.75 Å². The molecule has 0 spiro atoms. The third-order valence-corrected chi connectivity index (χ3v) is 5.48. The summed E-state index contributed by atoms with van der Waals surface area (Å²) < 4.78 is 7.25. The smallest absolute Gasteiger partial charge is 0.264 e. The maximum Gasteiger partial charge on any atom is 0.264 e. The molecular formula is C27H22N4O2. The number of hydrogen-bond acceptors (Lipinski definition) is 4. The minimum Gasteiger partial charge on any atom is -0.497 e. The van der Waals surface area contributed by atoms with E-state index in [0.29, 0.717) is 12.2 Å². The normalized spacial score (nSPS) is 10.8. The second-order valence-electron chi connectivity index (χ2n) is 7.62. The molecule has 1 N–H and O–H groups in total. The van der Waals surface area contributed by atoms with Gasteiger partial charge in [0.1, 0.15) is 17.1 Å². The van der Waals surface area contributed by atoms with E-state index in [0.717, 1.165) is 39.4 Å². The summed E-state index contributed by atoms with van der Waals surface area (Å²) in [6.45, 7) is 0.535. The van der Waals surface area contributed by atoms with Crippen molar-refractivity contribution < 1.29 is 4.74 Å². The SMILES string of the molecule is COc1ccc(Cn2nc(-c3ccccc3)c(-c3ccccc3)c2-c2ccc(=O)[nH]n2)cc1. The molecule has 0 aliphatic carbocycles. The highest BCUT2D eigenvalue weighted by atomic mass is 16.5. The Balaban J connectivity index is 1.76. The first-order valence-corrected chi connectivity index (χ1v) is 10.6. The molecule has 2 aromatic heterocycles. The van der Waals surface area contributed by atoms with Gasteiger partial charge >= 0.3 is 0 Å². The van der Waals surface area contributed by atoms with Crippen molar-refractivity contribution in [3.05, 3.63) is 113 Å². The lowest BCUT2D eigenvalue weighted by Crippen LogP contribution is -2.09. The fraction of sp³-hybridized carbons (Fsp3) is 0.0741. The molecule has 5 aromatic rings. The third-order valence-electron chi connectivity index (χ3n) is 5.48. The summed E-state index contributed by atoms with van der Waals surface area (Å²) in [4.78, 5) is 11.7. The molecule has 0 fully saturated rings. The van der Waals surface area contributed by atoms with Gasteiger partial charge in [0.2, 0.25) is 0 Å². The first kappa shape index (κ1) is 20.5. The van der Waals surface area contributed by atoms with Gasteiger partial charge in [-0.2, -0.15) is 10.2 Å². The summed E-state index contributed by atoms with van der Waals surface area (Å²) in [6, 6.07) is 31.4. The summed E-state index contributed by atoms with van der Waals surface area (Å²) in [5.74, 6) is 0.802. The summed E-state index contributed by atoms with van der Waals surface area (Å²) in [6.07, 6.45) is 0. The summed E-state index contributed by atoms with van der Waals surface area (Å²) in [5, 5.41) is 12.0. The molecular weight excluding hydrogens is 412 g/mol. The van der Waals surface area contributed by atoms with E-state index < -0.39 is 0 Å². The zero-order chi connectivity index (χ0) is 22.6. The van der Waals surface area contributed by atoms with Crippen LogP contribution in [0.15, 0.2) is 102 Å². The van der Waals surface area contributed by atoms with Crippen molar-refractivity contribution in [3.8, 4) is 39.5 Å². The van der Waals surface area contributed by atoms with Gasteiger partial charge in [-0.15, -0.1) is 0 Å². The third kappa shape index (κ3) is 4.19. The minimum absolute atomic E-state index is 0.246. The van der Waals surface area contributed by atoms with Crippen LogP contribution >= 0.6 is 0 Å². The predicted molar refractivity (Wildman–Crippen MR) is 129 cm³/mol. The van der Waals surface area contributed by atoms with E-state index in [4.69, 9.17) is 9.84 Å². The van der Waals surface area contributed by atoms with E-state index in [2.05, 4.69) is 34.5 Å². The average molecular weight is 434 g/mol. The summed E-state index contributed by atoms with van der Waals surface area (Å²) in [5.41, 5.74) is 6.18. The van der Waals surface area contributed by atoms with Crippen molar-refractivity contribution in [2.45, 2.75) is 6.54 Å². The lowest BCUT2D eigenvalue weighted by molar-refractivity contribution is 0.414. The van der Waals surface area contributed by atoms with Gasteiger partial charge in [-0.3, -0.25) is 9.48 Å². The first-order valence-electron chi connectivity index (χ1n) is 10.6. The van der Waals surface area contributed by atoms with Crippen molar-refractivity contribution in [2.75, 3.05) is 7.11 Å². The molecule has 3 aromatic carbocycles. The van der Waals surface area contributed by atoms with Crippen LogP contribution in [0.1, 0.15) is 5.56 Å². The molecule has 6 heteroatoms. The molecule has 5 rings (SSSR count). The fourth-order valence-corrected chi connectivity index (χ4v) is 3.89. The molecule has 0 unspecified atom stereocenters. The van der Waals surface area contributed by atoms with Crippen LogP contribution < -0.4 is 10.3 Å². The first-order chi connectivity index (χ1) is 16.2. The molecule has 0 aliphatic rings. The van der Waals surface area contributed by atoms with E-state index in [1.165, 1.54) is 6.07 Å². The number of hydrogen-bond donors (Lipinski definition) is 1. The Morgan fingerprint density at radius 1 is 0.818 bits per heavy atom. The Kier molecular flexibility index (Phi) is 5.55. The van der Waals surface area contributed by atoms with Crippen LogP contribution in [0.4, 0.5) is 0 Å². The molecule has 2 heterocycles. The number of nitrogens with zero attached hydrogens (tertiary/aromatic N) is 3. The number of aromatic amines is 1. The topological polar surface area (TPSA) is 72.8 Å². The number of H-pyrrole nitrogens is 1. The highest BCUT2D eigenvalue weighted by Gasteiger charge is 2.23. The van der Waals surface area contributed by atoms with Gasteiger partial charge in [-0.25, -0.2) is 5.10 Å². The number of benzene rings is 3. The van der Waals surface area contributed by atoms with E-state index in [9.17, 15) is 4.79 Å². The maximum atomic E-state index is 11.7. The Morgan fingerprint density at radius 3 is 2.09 bits per heavy atom. The van der Waals surface area contributed by atoms with Gasteiger partial charge < -0.3 is 4.74 Å². The summed E-state index contributed by atoms with van der Waals surface area (Å²) >= 11 is 0. The Morgan fingerprint density at radius 2 is 1.48 bits per heavy atom. The van der Waals surface area contributed by atoms with Gasteiger partial charge in [0, 0.05) is 17.2 Å². The lowest BCUT2D eigenvalue weighted by Gasteiger charge is -2.10. The van der Waals surface area contributed by atoms with Crippen molar-refractivity contribution in [3.63, 3.8) is 0 Å². The van der Waals surface area contributed by atoms with Crippen LogP contribution in [-0.4, -0.2) is 27.1 Å². The molecule has 0 saturated carbocycles. The number of ether oxygens (including phenoxy) is 1. The second kappa shape index (κ2) is 8.96. The Bertz CT molecular complexity index is 1400.